The van der Waals surface area contributed by atoms with Gasteiger partial charge in [-0.05, 0) is 50.3 Å². The molecule has 2 aromatic carbocycles. The minimum absolute atomic E-state index is 0.00756. The van der Waals surface area contributed by atoms with Crippen molar-refractivity contribution in [1.82, 2.24) is 9.62 Å². The van der Waals surface area contributed by atoms with E-state index in [2.05, 4.69) is 17.4 Å². The summed E-state index contributed by atoms with van der Waals surface area (Å²) >= 11 is 0. The molecule has 0 radical (unpaired) electrons. The average Bonchev–Trinajstić information content (AvgIpc) is 2.83. The number of piperidine rings is 1. The number of rotatable bonds is 9. The van der Waals surface area contributed by atoms with E-state index in [1.165, 1.54) is 30.2 Å². The van der Waals surface area contributed by atoms with Crippen LogP contribution in [0.3, 0.4) is 0 Å². The van der Waals surface area contributed by atoms with Gasteiger partial charge >= 0.3 is 0 Å². The van der Waals surface area contributed by atoms with Crippen LogP contribution in [0.2, 0.25) is 0 Å². The first-order valence-corrected chi connectivity index (χ1v) is 12.4. The number of amides is 1. The number of sulfonamides is 1. The molecule has 7 nitrogen and oxygen atoms in total. The second-order valence-electron chi connectivity index (χ2n) is 8.15. The molecular weight excluding hydrogens is 428 g/mol. The van der Waals surface area contributed by atoms with Gasteiger partial charge in [0.15, 0.2) is 0 Å². The maximum absolute atomic E-state index is 13.3. The van der Waals surface area contributed by atoms with Gasteiger partial charge in [0.1, 0.15) is 16.4 Å². The second kappa shape index (κ2) is 10.8. The molecule has 8 heteroatoms. The fraction of sp³-hybridized carbons (Fsp3) is 0.458. The Hall–Kier alpha value is -2.58. The molecule has 174 valence electrons. The average molecular weight is 461 g/mol. The van der Waals surface area contributed by atoms with Crippen LogP contribution in [0.5, 0.6) is 11.5 Å². The van der Waals surface area contributed by atoms with E-state index < -0.39 is 10.0 Å². The third-order valence-corrected chi connectivity index (χ3v) is 7.73. The third-order valence-electron chi connectivity index (χ3n) is 5.84. The predicted octanol–water partition coefficient (Wildman–Crippen LogP) is 3.24. The van der Waals surface area contributed by atoms with Gasteiger partial charge in [-0.15, -0.1) is 0 Å². The van der Waals surface area contributed by atoms with E-state index >= 15 is 0 Å². The van der Waals surface area contributed by atoms with Gasteiger partial charge in [0.25, 0.3) is 0 Å². The van der Waals surface area contributed by atoms with E-state index in [1.807, 2.05) is 25.1 Å². The molecule has 0 unspecified atom stereocenters. The first kappa shape index (κ1) is 24.1. The minimum Gasteiger partial charge on any atom is -0.497 e. The van der Waals surface area contributed by atoms with Crippen LogP contribution < -0.4 is 14.8 Å². The highest BCUT2D eigenvalue weighted by atomic mass is 32.2. The topological polar surface area (TPSA) is 84.9 Å². The summed E-state index contributed by atoms with van der Waals surface area (Å²) in [4.78, 5) is 12.9. The number of hydrogen-bond acceptors (Lipinski definition) is 5. The van der Waals surface area contributed by atoms with Crippen molar-refractivity contribution in [3.63, 3.8) is 0 Å². The number of ether oxygens (including phenoxy) is 2. The lowest BCUT2D eigenvalue weighted by Crippen LogP contribution is -2.47. The van der Waals surface area contributed by atoms with Gasteiger partial charge in [0, 0.05) is 25.2 Å². The number of aryl methyl sites for hydroxylation is 1. The number of nitrogens with one attached hydrogen (secondary N) is 1. The summed E-state index contributed by atoms with van der Waals surface area (Å²) in [5, 5.41) is 3.07. The number of carbonyl (C=O) groups excluding carboxylic acids is 1. The summed E-state index contributed by atoms with van der Waals surface area (Å²) in [6.45, 7) is 2.51. The van der Waals surface area contributed by atoms with Crippen LogP contribution in [0.25, 0.3) is 0 Å². The van der Waals surface area contributed by atoms with Crippen molar-refractivity contribution in [1.29, 1.82) is 0 Å². The summed E-state index contributed by atoms with van der Waals surface area (Å²) in [6.07, 6.45) is 3.00. The molecule has 0 aliphatic carbocycles. The highest BCUT2D eigenvalue weighted by Crippen LogP contribution is 2.32. The van der Waals surface area contributed by atoms with Gasteiger partial charge in [-0.3, -0.25) is 4.79 Å². The SMILES string of the molecule is COc1ccc(OC)c(S(=O)(=O)N2CCC[C@@H](C(=O)N[C@H](C)CCc3ccccc3)C2)c1. The number of methoxy groups -OCH3 is 2. The fourth-order valence-electron chi connectivity index (χ4n) is 3.96. The minimum atomic E-state index is -3.83. The largest absolute Gasteiger partial charge is 0.497 e. The van der Waals surface area contributed by atoms with E-state index in [1.54, 1.807) is 12.1 Å². The van der Waals surface area contributed by atoms with Crippen LogP contribution in [0, 0.1) is 5.92 Å². The maximum Gasteiger partial charge on any atom is 0.246 e. The lowest BCUT2D eigenvalue weighted by molar-refractivity contribution is -0.126. The van der Waals surface area contributed by atoms with Gasteiger partial charge in [-0.25, -0.2) is 8.42 Å². The molecule has 1 amide bonds. The zero-order valence-electron chi connectivity index (χ0n) is 18.9. The van der Waals surface area contributed by atoms with Crippen LogP contribution in [0.4, 0.5) is 0 Å². The Balaban J connectivity index is 1.64. The van der Waals surface area contributed by atoms with Crippen LogP contribution >= 0.6 is 0 Å². The quantitative estimate of drug-likeness (QED) is 0.621. The van der Waals surface area contributed by atoms with Crippen molar-refractivity contribution in [2.45, 2.75) is 43.5 Å². The van der Waals surface area contributed by atoms with Gasteiger partial charge in [0.2, 0.25) is 15.9 Å². The van der Waals surface area contributed by atoms with E-state index in [0.717, 1.165) is 12.8 Å². The summed E-state index contributed by atoms with van der Waals surface area (Å²) < 4.78 is 38.5. The van der Waals surface area contributed by atoms with E-state index in [4.69, 9.17) is 9.47 Å². The molecule has 1 fully saturated rings. The van der Waals surface area contributed by atoms with Gasteiger partial charge in [-0.2, -0.15) is 4.31 Å². The normalized spacial score (nSPS) is 18.0. The monoisotopic (exact) mass is 460 g/mol. The lowest BCUT2D eigenvalue weighted by atomic mass is 9.98. The van der Waals surface area contributed by atoms with E-state index in [9.17, 15) is 13.2 Å². The van der Waals surface area contributed by atoms with Gasteiger partial charge in [-0.1, -0.05) is 30.3 Å². The summed E-state index contributed by atoms with van der Waals surface area (Å²) in [5.74, 6) is 0.215. The molecule has 1 saturated heterocycles. The Morgan fingerprint density at radius 3 is 2.59 bits per heavy atom. The molecule has 0 spiro atoms. The highest BCUT2D eigenvalue weighted by Gasteiger charge is 2.35. The summed E-state index contributed by atoms with van der Waals surface area (Å²) in [5.41, 5.74) is 1.23. The molecule has 2 atom stereocenters. The summed E-state index contributed by atoms with van der Waals surface area (Å²) in [7, 11) is -0.911. The molecule has 1 aliphatic heterocycles. The number of benzene rings is 2. The van der Waals surface area contributed by atoms with Crippen LogP contribution in [-0.2, 0) is 21.2 Å². The predicted molar refractivity (Wildman–Crippen MR) is 123 cm³/mol. The van der Waals surface area contributed by atoms with E-state index in [-0.39, 0.29) is 35.1 Å². The maximum atomic E-state index is 13.3. The standard InChI is InChI=1S/C24H32N2O5S/c1-18(11-12-19-8-5-4-6-9-19)25-24(27)20-10-7-15-26(17-20)32(28,29)23-16-21(30-2)13-14-22(23)31-3/h4-6,8-9,13-14,16,18,20H,7,10-12,15,17H2,1-3H3,(H,25,27)/t18-,20-/m1/s1. The van der Waals surface area contributed by atoms with Crippen molar-refractivity contribution in [2.75, 3.05) is 27.3 Å². The number of nitrogens with zero attached hydrogens (tertiary/aromatic N) is 1. The van der Waals surface area contributed by atoms with Gasteiger partial charge in [0.05, 0.1) is 20.1 Å². The van der Waals surface area contributed by atoms with Crippen molar-refractivity contribution >= 4 is 15.9 Å². The Morgan fingerprint density at radius 2 is 1.91 bits per heavy atom. The molecule has 1 heterocycles. The van der Waals surface area contributed by atoms with E-state index in [0.29, 0.717) is 25.1 Å². The molecule has 0 saturated carbocycles. The van der Waals surface area contributed by atoms with Crippen LogP contribution in [-0.4, -0.2) is 52.0 Å². The number of hydrogen-bond donors (Lipinski definition) is 1. The first-order chi connectivity index (χ1) is 15.3. The molecule has 0 aromatic heterocycles. The summed E-state index contributed by atoms with van der Waals surface area (Å²) in [6, 6.07) is 14.8. The molecule has 1 N–H and O–H groups in total. The first-order valence-electron chi connectivity index (χ1n) is 10.9. The Bertz CT molecular complexity index is 1010. The Kier molecular flexibility index (Phi) is 8.15. The van der Waals surface area contributed by atoms with Crippen molar-refractivity contribution in [2.24, 2.45) is 5.92 Å². The van der Waals surface area contributed by atoms with Crippen molar-refractivity contribution in [3.8, 4) is 11.5 Å². The highest BCUT2D eigenvalue weighted by molar-refractivity contribution is 7.89. The molecule has 2 aromatic rings. The third kappa shape index (κ3) is 5.81. The second-order valence-corrected chi connectivity index (χ2v) is 10.1. The van der Waals surface area contributed by atoms with Crippen LogP contribution in [0.1, 0.15) is 31.7 Å². The Labute approximate surface area is 190 Å². The fourth-order valence-corrected chi connectivity index (χ4v) is 5.65. The number of carbonyl (C=O) groups is 1. The lowest BCUT2D eigenvalue weighted by Gasteiger charge is -2.32. The molecule has 3 rings (SSSR count). The zero-order valence-corrected chi connectivity index (χ0v) is 19.7. The smallest absolute Gasteiger partial charge is 0.246 e. The molecule has 1 aliphatic rings. The Morgan fingerprint density at radius 1 is 1.16 bits per heavy atom. The zero-order chi connectivity index (χ0) is 23.1. The van der Waals surface area contributed by atoms with Crippen LogP contribution in [0.15, 0.2) is 53.4 Å². The van der Waals surface area contributed by atoms with Crippen molar-refractivity contribution in [3.05, 3.63) is 54.1 Å². The van der Waals surface area contributed by atoms with Gasteiger partial charge < -0.3 is 14.8 Å². The molecule has 32 heavy (non-hydrogen) atoms. The van der Waals surface area contributed by atoms with Crippen molar-refractivity contribution < 1.29 is 22.7 Å². The molecular formula is C24H32N2O5S. The molecule has 0 bridgehead atoms.